The Kier molecular flexibility index (Phi) is 5.15. The third-order valence-electron chi connectivity index (χ3n) is 4.94. The Labute approximate surface area is 163 Å². The maximum absolute atomic E-state index is 12.7. The average molecular weight is 374 g/mol. The number of carbonyl (C=O) groups is 1. The molecule has 0 saturated carbocycles. The summed E-state index contributed by atoms with van der Waals surface area (Å²) in [5, 5.41) is 4.08. The third kappa shape index (κ3) is 3.78. The number of furan rings is 1. The second-order valence-electron chi connectivity index (χ2n) is 6.68. The molecule has 1 amide bonds. The van der Waals surface area contributed by atoms with E-state index in [9.17, 15) is 4.79 Å². The van der Waals surface area contributed by atoms with Crippen LogP contribution in [0.2, 0.25) is 0 Å². The maximum Gasteiger partial charge on any atom is 0.221 e. The Bertz CT molecular complexity index is 1050. The van der Waals surface area contributed by atoms with Gasteiger partial charge < -0.3 is 19.5 Å². The molecule has 0 radical (unpaired) electrons. The summed E-state index contributed by atoms with van der Waals surface area (Å²) in [7, 11) is 1.65. The number of methoxy groups -OCH3 is 1. The predicted octanol–water partition coefficient (Wildman–Crippen LogP) is 4.61. The Morgan fingerprint density at radius 2 is 1.93 bits per heavy atom. The van der Waals surface area contributed by atoms with Gasteiger partial charge in [-0.3, -0.25) is 4.79 Å². The number of fused-ring (bicyclic) bond motifs is 1. The van der Waals surface area contributed by atoms with Gasteiger partial charge >= 0.3 is 0 Å². The molecule has 2 aromatic heterocycles. The number of nitrogens with one attached hydrogen (secondary N) is 2. The van der Waals surface area contributed by atoms with Gasteiger partial charge in [0.05, 0.1) is 19.9 Å². The van der Waals surface area contributed by atoms with Crippen molar-refractivity contribution in [3.63, 3.8) is 0 Å². The van der Waals surface area contributed by atoms with Gasteiger partial charge in [0.1, 0.15) is 11.5 Å². The predicted molar refractivity (Wildman–Crippen MR) is 108 cm³/mol. The van der Waals surface area contributed by atoms with Crippen LogP contribution >= 0.6 is 0 Å². The number of carbonyl (C=O) groups excluding carboxylic acids is 1. The van der Waals surface area contributed by atoms with Gasteiger partial charge in [0.15, 0.2) is 0 Å². The van der Waals surface area contributed by atoms with E-state index >= 15 is 0 Å². The number of ether oxygens (including phenoxy) is 1. The van der Waals surface area contributed by atoms with E-state index in [0.29, 0.717) is 13.0 Å². The highest BCUT2D eigenvalue weighted by atomic mass is 16.5. The van der Waals surface area contributed by atoms with Crippen molar-refractivity contribution in [1.82, 2.24) is 10.3 Å². The molecule has 2 N–H and O–H groups in total. The van der Waals surface area contributed by atoms with Gasteiger partial charge in [-0.15, -0.1) is 0 Å². The average Bonchev–Trinajstić information content (AvgIpc) is 3.40. The molecule has 5 nitrogen and oxygen atoms in total. The monoisotopic (exact) mass is 374 g/mol. The van der Waals surface area contributed by atoms with E-state index < -0.39 is 0 Å². The number of benzene rings is 2. The molecular weight excluding hydrogens is 352 g/mol. The van der Waals surface area contributed by atoms with Crippen LogP contribution in [0.25, 0.3) is 10.9 Å². The number of hydrogen-bond acceptors (Lipinski definition) is 3. The van der Waals surface area contributed by atoms with Gasteiger partial charge in [-0.2, -0.15) is 0 Å². The van der Waals surface area contributed by atoms with Crippen LogP contribution in [0.1, 0.15) is 29.2 Å². The second kappa shape index (κ2) is 8.05. The summed E-state index contributed by atoms with van der Waals surface area (Å²) in [4.78, 5) is 16.0. The smallest absolute Gasteiger partial charge is 0.221 e. The quantitative estimate of drug-likeness (QED) is 0.496. The molecule has 142 valence electrons. The molecule has 4 rings (SSSR count). The number of rotatable bonds is 7. The summed E-state index contributed by atoms with van der Waals surface area (Å²) in [6.45, 7) is 0.384. The van der Waals surface area contributed by atoms with Gasteiger partial charge in [-0.1, -0.05) is 30.3 Å². The van der Waals surface area contributed by atoms with Crippen LogP contribution in [-0.2, 0) is 11.3 Å². The van der Waals surface area contributed by atoms with Crippen LogP contribution in [0.4, 0.5) is 0 Å². The fraction of sp³-hybridized carbons (Fsp3) is 0.174. The summed E-state index contributed by atoms with van der Waals surface area (Å²) >= 11 is 0. The van der Waals surface area contributed by atoms with Gasteiger partial charge in [-0.05, 0) is 41.5 Å². The van der Waals surface area contributed by atoms with Crippen LogP contribution < -0.4 is 10.1 Å². The fourth-order valence-electron chi connectivity index (χ4n) is 3.48. The molecule has 5 heteroatoms. The molecule has 0 aliphatic rings. The number of amides is 1. The molecule has 28 heavy (non-hydrogen) atoms. The van der Waals surface area contributed by atoms with Crippen molar-refractivity contribution in [1.29, 1.82) is 0 Å². The Morgan fingerprint density at radius 1 is 1.11 bits per heavy atom. The highest BCUT2D eigenvalue weighted by Gasteiger charge is 2.21. The highest BCUT2D eigenvalue weighted by molar-refractivity contribution is 5.86. The summed E-state index contributed by atoms with van der Waals surface area (Å²) in [5.41, 5.74) is 3.24. The molecule has 0 bridgehead atoms. The Morgan fingerprint density at radius 3 is 2.68 bits per heavy atom. The molecule has 2 heterocycles. The van der Waals surface area contributed by atoms with Crippen LogP contribution in [0.3, 0.4) is 0 Å². The Hall–Kier alpha value is -3.47. The first kappa shape index (κ1) is 17.9. The molecule has 0 aliphatic heterocycles. The molecule has 1 atom stereocenters. The maximum atomic E-state index is 12.7. The van der Waals surface area contributed by atoms with Crippen molar-refractivity contribution >= 4 is 16.8 Å². The first-order valence-electron chi connectivity index (χ1n) is 9.23. The van der Waals surface area contributed by atoms with E-state index in [0.717, 1.165) is 33.5 Å². The van der Waals surface area contributed by atoms with E-state index in [2.05, 4.69) is 16.4 Å². The van der Waals surface area contributed by atoms with Crippen LogP contribution in [-0.4, -0.2) is 18.0 Å². The SMILES string of the molecule is COc1ccc(C(CC(=O)NCc2ccco2)c2c[nH]c3ccccc23)cc1. The minimum atomic E-state index is -0.0707. The highest BCUT2D eigenvalue weighted by Crippen LogP contribution is 2.34. The van der Waals surface area contributed by atoms with Gasteiger partial charge in [0.2, 0.25) is 5.91 Å². The zero-order valence-corrected chi connectivity index (χ0v) is 15.6. The molecular formula is C23H22N2O3. The lowest BCUT2D eigenvalue weighted by molar-refractivity contribution is -0.121. The van der Waals surface area contributed by atoms with E-state index in [1.807, 2.05) is 60.8 Å². The van der Waals surface area contributed by atoms with Crippen molar-refractivity contribution in [3.05, 3.63) is 90.0 Å². The van der Waals surface area contributed by atoms with Gasteiger partial charge in [-0.25, -0.2) is 0 Å². The molecule has 0 fully saturated rings. The van der Waals surface area contributed by atoms with Crippen LogP contribution in [0, 0.1) is 0 Å². The van der Waals surface area contributed by atoms with E-state index in [4.69, 9.17) is 9.15 Å². The zero-order chi connectivity index (χ0) is 19.3. The number of H-pyrrole nitrogens is 1. The first-order chi connectivity index (χ1) is 13.7. The second-order valence-corrected chi connectivity index (χ2v) is 6.68. The summed E-state index contributed by atoms with van der Waals surface area (Å²) in [5.74, 6) is 1.44. The zero-order valence-electron chi connectivity index (χ0n) is 15.6. The number of para-hydroxylation sites is 1. The fourth-order valence-corrected chi connectivity index (χ4v) is 3.48. The molecule has 0 aliphatic carbocycles. The number of aromatic nitrogens is 1. The molecule has 4 aromatic rings. The summed E-state index contributed by atoms with van der Waals surface area (Å²) in [6.07, 6.45) is 3.95. The van der Waals surface area contributed by atoms with Crippen molar-refractivity contribution in [2.45, 2.75) is 18.9 Å². The standard InChI is InChI=1S/C23H22N2O3/c1-27-17-10-8-16(9-11-17)20(13-23(26)25-14-18-5-4-12-28-18)21-15-24-22-7-3-2-6-19(21)22/h2-12,15,20,24H,13-14H2,1H3,(H,25,26). The third-order valence-corrected chi connectivity index (χ3v) is 4.94. The van der Waals surface area contributed by atoms with E-state index in [1.165, 1.54) is 0 Å². The number of aromatic amines is 1. The lowest BCUT2D eigenvalue weighted by atomic mass is 9.88. The lowest BCUT2D eigenvalue weighted by Crippen LogP contribution is -2.24. The lowest BCUT2D eigenvalue weighted by Gasteiger charge is -2.17. The van der Waals surface area contributed by atoms with Gasteiger partial charge in [0, 0.05) is 29.4 Å². The molecule has 0 saturated heterocycles. The van der Waals surface area contributed by atoms with Crippen molar-refractivity contribution in [2.24, 2.45) is 0 Å². The molecule has 2 aromatic carbocycles. The minimum Gasteiger partial charge on any atom is -0.497 e. The normalized spacial score (nSPS) is 12.0. The molecule has 0 spiro atoms. The topological polar surface area (TPSA) is 67.3 Å². The molecule has 1 unspecified atom stereocenters. The minimum absolute atomic E-state index is 0.0255. The van der Waals surface area contributed by atoms with Crippen LogP contribution in [0.15, 0.2) is 77.5 Å². The van der Waals surface area contributed by atoms with Crippen molar-refractivity contribution in [3.8, 4) is 5.75 Å². The van der Waals surface area contributed by atoms with E-state index in [-0.39, 0.29) is 11.8 Å². The van der Waals surface area contributed by atoms with Gasteiger partial charge in [0.25, 0.3) is 0 Å². The van der Waals surface area contributed by atoms with Crippen LogP contribution in [0.5, 0.6) is 5.75 Å². The Balaban J connectivity index is 1.61. The van der Waals surface area contributed by atoms with E-state index in [1.54, 1.807) is 13.4 Å². The van der Waals surface area contributed by atoms with Crippen molar-refractivity contribution < 1.29 is 13.9 Å². The summed E-state index contributed by atoms with van der Waals surface area (Å²) in [6, 6.07) is 19.7. The first-order valence-corrected chi connectivity index (χ1v) is 9.23. The van der Waals surface area contributed by atoms with Crippen molar-refractivity contribution in [2.75, 3.05) is 7.11 Å². The summed E-state index contributed by atoms with van der Waals surface area (Å²) < 4.78 is 10.6. The largest absolute Gasteiger partial charge is 0.497 e. The number of hydrogen-bond donors (Lipinski definition) is 2.